The highest BCUT2D eigenvalue weighted by Crippen LogP contribution is 2.29. The van der Waals surface area contributed by atoms with Gasteiger partial charge in [-0.1, -0.05) is 15.9 Å². The highest BCUT2D eigenvalue weighted by molar-refractivity contribution is 9.10. The normalized spacial score (nSPS) is 10.0. The second-order valence-corrected chi connectivity index (χ2v) is 4.12. The van der Waals surface area contributed by atoms with Gasteiger partial charge in [-0.25, -0.2) is 0 Å². The van der Waals surface area contributed by atoms with Crippen LogP contribution in [0.25, 0.3) is 0 Å². The molecule has 5 heteroatoms. The molecule has 0 saturated heterocycles. The first kappa shape index (κ1) is 11.8. The number of benzene rings is 1. The van der Waals surface area contributed by atoms with Crippen LogP contribution in [0.3, 0.4) is 0 Å². The van der Waals surface area contributed by atoms with Crippen LogP contribution in [0.5, 0.6) is 5.75 Å². The van der Waals surface area contributed by atoms with Crippen LogP contribution in [0, 0.1) is 6.92 Å². The lowest BCUT2D eigenvalue weighted by atomic mass is 10.2. The van der Waals surface area contributed by atoms with E-state index in [1.807, 2.05) is 13.0 Å². The minimum Gasteiger partial charge on any atom is -0.491 e. The van der Waals surface area contributed by atoms with Crippen LogP contribution in [0.1, 0.15) is 12.0 Å². The third kappa shape index (κ3) is 3.43. The van der Waals surface area contributed by atoms with Crippen LogP contribution in [-0.4, -0.2) is 12.5 Å². The average Bonchev–Trinajstić information content (AvgIpc) is 2.08. The third-order valence-electron chi connectivity index (χ3n) is 1.86. The Bertz CT molecular complexity index is 357. The predicted molar refractivity (Wildman–Crippen MR) is 62.6 cm³/mol. The average molecular weight is 273 g/mol. The summed E-state index contributed by atoms with van der Waals surface area (Å²) in [4.78, 5) is 10.5. The molecule has 4 N–H and O–H groups in total. The van der Waals surface area contributed by atoms with Gasteiger partial charge in [-0.3, -0.25) is 4.79 Å². The van der Waals surface area contributed by atoms with Crippen LogP contribution in [0.4, 0.5) is 5.69 Å². The van der Waals surface area contributed by atoms with Gasteiger partial charge in [0.25, 0.3) is 0 Å². The lowest BCUT2D eigenvalue weighted by molar-refractivity contribution is -0.118. The number of ether oxygens (including phenoxy) is 1. The molecule has 1 rings (SSSR count). The van der Waals surface area contributed by atoms with Crippen LogP contribution >= 0.6 is 15.9 Å². The molecule has 0 fully saturated rings. The van der Waals surface area contributed by atoms with Crippen LogP contribution < -0.4 is 16.2 Å². The topological polar surface area (TPSA) is 78.3 Å². The van der Waals surface area contributed by atoms with E-state index in [1.165, 1.54) is 0 Å². The summed E-state index contributed by atoms with van der Waals surface area (Å²) in [5.41, 5.74) is 12.2. The molecular formula is C10H13BrN2O2. The maximum Gasteiger partial charge on any atom is 0.220 e. The first-order valence-electron chi connectivity index (χ1n) is 4.47. The van der Waals surface area contributed by atoms with Gasteiger partial charge < -0.3 is 16.2 Å². The number of rotatable bonds is 4. The molecule has 1 aromatic rings. The number of carbonyl (C=O) groups is 1. The first-order valence-corrected chi connectivity index (χ1v) is 5.26. The summed E-state index contributed by atoms with van der Waals surface area (Å²) in [6.07, 6.45) is 0.189. The van der Waals surface area contributed by atoms with E-state index in [-0.39, 0.29) is 18.9 Å². The van der Waals surface area contributed by atoms with Gasteiger partial charge in [-0.05, 0) is 24.6 Å². The monoisotopic (exact) mass is 272 g/mol. The fourth-order valence-corrected chi connectivity index (χ4v) is 1.80. The van der Waals surface area contributed by atoms with Crippen molar-refractivity contribution in [1.82, 2.24) is 0 Å². The zero-order valence-corrected chi connectivity index (χ0v) is 10.0. The van der Waals surface area contributed by atoms with Gasteiger partial charge in [-0.2, -0.15) is 0 Å². The molecule has 0 saturated carbocycles. The molecule has 15 heavy (non-hydrogen) atoms. The number of hydrogen-bond donors (Lipinski definition) is 2. The Labute approximate surface area is 96.7 Å². The van der Waals surface area contributed by atoms with Crippen LogP contribution in [0.2, 0.25) is 0 Å². The molecule has 0 aromatic heterocycles. The zero-order chi connectivity index (χ0) is 11.4. The smallest absolute Gasteiger partial charge is 0.220 e. The molecule has 1 amide bonds. The molecule has 0 radical (unpaired) electrons. The van der Waals surface area contributed by atoms with Gasteiger partial charge in [0.05, 0.1) is 18.7 Å². The number of nitrogen functional groups attached to an aromatic ring is 1. The van der Waals surface area contributed by atoms with Gasteiger partial charge in [-0.15, -0.1) is 0 Å². The first-order chi connectivity index (χ1) is 7.00. The van der Waals surface area contributed by atoms with E-state index in [1.54, 1.807) is 6.07 Å². The molecule has 0 bridgehead atoms. The van der Waals surface area contributed by atoms with Crippen molar-refractivity contribution in [2.24, 2.45) is 5.73 Å². The summed E-state index contributed by atoms with van der Waals surface area (Å²) in [5.74, 6) is 0.225. The largest absolute Gasteiger partial charge is 0.491 e. The Morgan fingerprint density at radius 1 is 1.53 bits per heavy atom. The molecule has 0 spiro atoms. The molecule has 1 aromatic carbocycles. The third-order valence-corrected chi connectivity index (χ3v) is 2.32. The lowest BCUT2D eigenvalue weighted by Gasteiger charge is -2.11. The molecule has 82 valence electrons. The fourth-order valence-electron chi connectivity index (χ4n) is 1.21. The van der Waals surface area contributed by atoms with Crippen molar-refractivity contribution in [2.75, 3.05) is 12.3 Å². The summed E-state index contributed by atoms with van der Waals surface area (Å²) < 4.78 is 6.29. The summed E-state index contributed by atoms with van der Waals surface area (Å²) in [7, 11) is 0. The molecule has 4 nitrogen and oxygen atoms in total. The number of hydrogen-bond acceptors (Lipinski definition) is 3. The lowest BCUT2D eigenvalue weighted by Crippen LogP contribution is -2.15. The Morgan fingerprint density at radius 3 is 2.73 bits per heavy atom. The standard InChI is InChI=1S/C10H13BrN2O2/c1-6-4-7(11)5-8(12)10(6)15-3-2-9(13)14/h4-5H,2-3,12H2,1H3,(H2,13,14). The number of primary amides is 1. The molecule has 0 atom stereocenters. The van der Waals surface area contributed by atoms with Crippen molar-refractivity contribution in [2.45, 2.75) is 13.3 Å². The molecule has 0 heterocycles. The van der Waals surface area contributed by atoms with Gasteiger partial charge in [0.15, 0.2) is 0 Å². The van der Waals surface area contributed by atoms with E-state index >= 15 is 0 Å². The molecule has 0 aliphatic carbocycles. The van der Waals surface area contributed by atoms with E-state index < -0.39 is 0 Å². The predicted octanol–water partition coefficient (Wildman–Crippen LogP) is 1.59. The minimum atomic E-state index is -0.386. The van der Waals surface area contributed by atoms with E-state index in [9.17, 15) is 4.79 Å². The van der Waals surface area contributed by atoms with Crippen molar-refractivity contribution in [1.29, 1.82) is 0 Å². The Balaban J connectivity index is 2.72. The SMILES string of the molecule is Cc1cc(Br)cc(N)c1OCCC(N)=O. The second kappa shape index (κ2) is 5.02. The summed E-state index contributed by atoms with van der Waals surface area (Å²) in [6, 6.07) is 3.66. The zero-order valence-electron chi connectivity index (χ0n) is 8.42. The fraction of sp³-hybridized carbons (Fsp3) is 0.300. The number of aryl methyl sites for hydroxylation is 1. The van der Waals surface area contributed by atoms with E-state index in [2.05, 4.69) is 15.9 Å². The number of carbonyl (C=O) groups excluding carboxylic acids is 1. The van der Waals surface area contributed by atoms with Crippen molar-refractivity contribution in [3.63, 3.8) is 0 Å². The molecular weight excluding hydrogens is 260 g/mol. The summed E-state index contributed by atoms with van der Waals surface area (Å²) in [6.45, 7) is 2.14. The quantitative estimate of drug-likeness (QED) is 0.818. The van der Waals surface area contributed by atoms with Crippen molar-refractivity contribution >= 4 is 27.5 Å². The maximum absolute atomic E-state index is 10.5. The highest BCUT2D eigenvalue weighted by atomic mass is 79.9. The minimum absolute atomic E-state index is 0.189. The van der Waals surface area contributed by atoms with E-state index in [0.29, 0.717) is 11.4 Å². The molecule has 0 unspecified atom stereocenters. The van der Waals surface area contributed by atoms with Crippen molar-refractivity contribution in [3.8, 4) is 5.75 Å². The maximum atomic E-state index is 10.5. The Hall–Kier alpha value is -1.23. The summed E-state index contributed by atoms with van der Waals surface area (Å²) >= 11 is 3.33. The number of nitrogens with two attached hydrogens (primary N) is 2. The van der Waals surface area contributed by atoms with Crippen LogP contribution in [0.15, 0.2) is 16.6 Å². The molecule has 0 aliphatic rings. The van der Waals surface area contributed by atoms with Crippen LogP contribution in [-0.2, 0) is 4.79 Å². The highest BCUT2D eigenvalue weighted by Gasteiger charge is 2.06. The van der Waals surface area contributed by atoms with Gasteiger partial charge in [0, 0.05) is 4.47 Å². The Kier molecular flexibility index (Phi) is 3.96. The number of halogens is 1. The van der Waals surface area contributed by atoms with Crippen molar-refractivity contribution < 1.29 is 9.53 Å². The number of amides is 1. The van der Waals surface area contributed by atoms with Gasteiger partial charge in [0.2, 0.25) is 5.91 Å². The van der Waals surface area contributed by atoms with Crippen molar-refractivity contribution in [3.05, 3.63) is 22.2 Å². The second-order valence-electron chi connectivity index (χ2n) is 3.21. The number of anilines is 1. The van der Waals surface area contributed by atoms with Gasteiger partial charge in [0.1, 0.15) is 5.75 Å². The van der Waals surface area contributed by atoms with E-state index in [0.717, 1.165) is 10.0 Å². The molecule has 0 aliphatic heterocycles. The Morgan fingerprint density at radius 2 is 2.20 bits per heavy atom. The van der Waals surface area contributed by atoms with Gasteiger partial charge >= 0.3 is 0 Å². The van der Waals surface area contributed by atoms with E-state index in [4.69, 9.17) is 16.2 Å². The summed E-state index contributed by atoms with van der Waals surface area (Å²) in [5, 5.41) is 0.